The first-order chi connectivity index (χ1) is 16.5. The second-order valence-corrected chi connectivity index (χ2v) is 14.1. The molecule has 0 aromatic heterocycles. The fourth-order valence-corrected chi connectivity index (χ4v) is 8.13. The Morgan fingerprint density at radius 1 is 0.857 bits per heavy atom. The molecule has 0 bridgehead atoms. The Morgan fingerprint density at radius 2 is 1.40 bits per heavy atom. The van der Waals surface area contributed by atoms with Crippen molar-refractivity contribution in [1.82, 2.24) is 0 Å². The van der Waals surface area contributed by atoms with Crippen LogP contribution in [0.15, 0.2) is 83.6 Å². The highest BCUT2D eigenvalue weighted by Crippen LogP contribution is 2.66. The van der Waals surface area contributed by atoms with Crippen LogP contribution in [0, 0.1) is 45.8 Å². The van der Waals surface area contributed by atoms with Gasteiger partial charge in [-0.25, -0.2) is 0 Å². The number of allylic oxidation sites excluding steroid dienone is 13. The van der Waals surface area contributed by atoms with Crippen LogP contribution >= 0.6 is 0 Å². The lowest BCUT2D eigenvalue weighted by Crippen LogP contribution is -2.37. The van der Waals surface area contributed by atoms with Gasteiger partial charge in [0.15, 0.2) is 0 Å². The summed E-state index contributed by atoms with van der Waals surface area (Å²) >= 11 is 0. The van der Waals surface area contributed by atoms with Crippen molar-refractivity contribution in [2.24, 2.45) is 45.8 Å². The Kier molecular flexibility index (Phi) is 6.34. The summed E-state index contributed by atoms with van der Waals surface area (Å²) in [7, 11) is 0. The van der Waals surface area contributed by atoms with Gasteiger partial charge in [0, 0.05) is 0 Å². The lowest BCUT2D eigenvalue weighted by atomic mass is 9.59. The minimum Gasteiger partial charge on any atom is -0.103 e. The third kappa shape index (κ3) is 4.34. The topological polar surface area (TPSA) is 0 Å². The van der Waals surface area contributed by atoms with E-state index < -0.39 is 0 Å². The second kappa shape index (κ2) is 8.93. The van der Waals surface area contributed by atoms with Crippen molar-refractivity contribution in [3.8, 4) is 0 Å². The molecule has 0 spiro atoms. The van der Waals surface area contributed by atoms with Gasteiger partial charge in [0.25, 0.3) is 0 Å². The zero-order valence-corrected chi connectivity index (χ0v) is 23.2. The molecule has 0 aromatic rings. The maximum atomic E-state index is 3.97. The van der Waals surface area contributed by atoms with E-state index in [1.165, 1.54) is 32.1 Å². The summed E-state index contributed by atoms with van der Waals surface area (Å²) in [5, 5.41) is 0. The fraction of sp³-hybridized carbons (Fsp3) is 0.600. The molecular formula is C35H48. The quantitative estimate of drug-likeness (QED) is 0.352. The largest absolute Gasteiger partial charge is 0.103 e. The number of fused-ring (bicyclic) bond motifs is 3. The molecule has 4 atom stereocenters. The van der Waals surface area contributed by atoms with Gasteiger partial charge in [0.05, 0.1) is 0 Å². The summed E-state index contributed by atoms with van der Waals surface area (Å²) < 4.78 is 0. The molecule has 0 aromatic carbocycles. The van der Waals surface area contributed by atoms with Crippen molar-refractivity contribution in [2.45, 2.75) is 86.5 Å². The van der Waals surface area contributed by atoms with E-state index in [-0.39, 0.29) is 10.8 Å². The van der Waals surface area contributed by atoms with Gasteiger partial charge in [-0.15, -0.1) is 6.58 Å². The molecule has 4 unspecified atom stereocenters. The van der Waals surface area contributed by atoms with Crippen molar-refractivity contribution in [3.05, 3.63) is 83.6 Å². The molecule has 188 valence electrons. The highest BCUT2D eigenvalue weighted by atomic mass is 14.6. The molecule has 2 saturated carbocycles. The molecule has 0 nitrogen and oxygen atoms in total. The summed E-state index contributed by atoms with van der Waals surface area (Å²) in [6.07, 6.45) is 31.9. The first-order valence-electron chi connectivity index (χ1n) is 14.4. The van der Waals surface area contributed by atoms with Crippen LogP contribution in [0.1, 0.15) is 86.5 Å². The van der Waals surface area contributed by atoms with Gasteiger partial charge < -0.3 is 0 Å². The van der Waals surface area contributed by atoms with Gasteiger partial charge in [-0.1, -0.05) is 120 Å². The summed E-state index contributed by atoms with van der Waals surface area (Å²) in [5.41, 5.74) is 7.17. The van der Waals surface area contributed by atoms with Crippen LogP contribution in [0.4, 0.5) is 0 Å². The van der Waals surface area contributed by atoms with Crippen molar-refractivity contribution < 1.29 is 0 Å². The van der Waals surface area contributed by atoms with Crippen LogP contribution in [0.5, 0.6) is 0 Å². The molecule has 0 N–H and O–H groups in total. The molecule has 0 saturated heterocycles. The van der Waals surface area contributed by atoms with E-state index in [1.54, 1.807) is 22.3 Å². The molecular weight excluding hydrogens is 420 g/mol. The minimum absolute atomic E-state index is 0.205. The van der Waals surface area contributed by atoms with Gasteiger partial charge in [-0.2, -0.15) is 0 Å². The molecule has 5 aliphatic carbocycles. The summed E-state index contributed by atoms with van der Waals surface area (Å²) in [6, 6.07) is 0. The smallest absolute Gasteiger partial charge is 0.00419 e. The zero-order chi connectivity index (χ0) is 25.0. The SMILES string of the molecule is C=CCCC1=CCC(C2(C3C4C=C(C(C)(C)C)C=CC4C4C=CC(C(C)(C)C)=CC43)CCCC2)=C1. The monoisotopic (exact) mass is 468 g/mol. The van der Waals surface area contributed by atoms with Crippen LogP contribution in [0.2, 0.25) is 0 Å². The van der Waals surface area contributed by atoms with Gasteiger partial charge in [-0.3, -0.25) is 0 Å². The fourth-order valence-electron chi connectivity index (χ4n) is 8.13. The van der Waals surface area contributed by atoms with E-state index in [0.717, 1.165) is 12.8 Å². The maximum absolute atomic E-state index is 3.97. The maximum Gasteiger partial charge on any atom is -0.00419 e. The molecule has 2 fully saturated rings. The average Bonchev–Trinajstić information content (AvgIpc) is 3.53. The van der Waals surface area contributed by atoms with E-state index in [1.807, 2.05) is 0 Å². The van der Waals surface area contributed by atoms with Crippen molar-refractivity contribution >= 4 is 0 Å². The van der Waals surface area contributed by atoms with Crippen molar-refractivity contribution in [2.75, 3.05) is 0 Å². The standard InChI is InChI=1S/C35H48/c1-8-9-12-24-13-14-27(21-24)35(19-10-11-20-35)32-30-22-25(33(2,3)4)15-17-28(30)29-18-16-26(23-31(29)32)34(5,6)7/h8,13,15-18,21-23,28-32H,1,9-12,14,19-20H2,2-7H3. The second-order valence-electron chi connectivity index (χ2n) is 14.1. The van der Waals surface area contributed by atoms with Crippen molar-refractivity contribution in [3.63, 3.8) is 0 Å². The molecule has 0 heterocycles. The predicted octanol–water partition coefficient (Wildman–Crippen LogP) is 9.95. The number of rotatable bonds is 5. The third-order valence-electron chi connectivity index (χ3n) is 9.99. The van der Waals surface area contributed by atoms with Crippen molar-refractivity contribution in [1.29, 1.82) is 0 Å². The Morgan fingerprint density at radius 3 is 1.89 bits per heavy atom. The lowest BCUT2D eigenvalue weighted by molar-refractivity contribution is 0.148. The minimum atomic E-state index is 0.205. The zero-order valence-electron chi connectivity index (χ0n) is 23.2. The molecule has 35 heavy (non-hydrogen) atoms. The molecule has 0 radical (unpaired) electrons. The van der Waals surface area contributed by atoms with Gasteiger partial charge in [0.1, 0.15) is 0 Å². The van der Waals surface area contributed by atoms with Crippen LogP contribution in [-0.2, 0) is 0 Å². The van der Waals surface area contributed by atoms with Crippen LogP contribution in [0.25, 0.3) is 0 Å². The van der Waals surface area contributed by atoms with E-state index in [9.17, 15) is 0 Å². The van der Waals surface area contributed by atoms with Gasteiger partial charge >= 0.3 is 0 Å². The first-order valence-corrected chi connectivity index (χ1v) is 14.4. The lowest BCUT2D eigenvalue weighted by Gasteiger charge is -2.44. The van der Waals surface area contributed by atoms with E-state index in [4.69, 9.17) is 0 Å². The summed E-state index contributed by atoms with van der Waals surface area (Å²) in [6.45, 7) is 18.3. The predicted molar refractivity (Wildman–Crippen MR) is 152 cm³/mol. The normalized spacial score (nSPS) is 33.6. The molecule has 5 aliphatic rings. The van der Waals surface area contributed by atoms with Gasteiger partial charge in [0.2, 0.25) is 0 Å². The Labute approximate surface area is 215 Å². The molecule has 0 aliphatic heterocycles. The van der Waals surface area contributed by atoms with E-state index >= 15 is 0 Å². The Hall–Kier alpha value is -1.82. The van der Waals surface area contributed by atoms with Crippen LogP contribution in [-0.4, -0.2) is 0 Å². The van der Waals surface area contributed by atoms with E-state index in [0.29, 0.717) is 35.0 Å². The molecule has 5 rings (SSSR count). The highest BCUT2D eigenvalue weighted by Gasteiger charge is 2.58. The molecule has 0 amide bonds. The molecule has 0 heteroatoms. The van der Waals surface area contributed by atoms with Crippen LogP contribution in [0.3, 0.4) is 0 Å². The summed E-state index contributed by atoms with van der Waals surface area (Å²) in [4.78, 5) is 0. The third-order valence-corrected chi connectivity index (χ3v) is 9.99. The Balaban J connectivity index is 1.61. The van der Waals surface area contributed by atoms with Gasteiger partial charge in [-0.05, 0) is 89.1 Å². The van der Waals surface area contributed by atoms with E-state index in [2.05, 4.69) is 103 Å². The average molecular weight is 469 g/mol. The number of hydrogen-bond acceptors (Lipinski definition) is 0. The highest BCUT2D eigenvalue weighted by molar-refractivity contribution is 5.43. The number of hydrogen-bond donors (Lipinski definition) is 0. The van der Waals surface area contributed by atoms with Crippen LogP contribution < -0.4 is 0 Å². The Bertz CT molecular complexity index is 977. The summed E-state index contributed by atoms with van der Waals surface area (Å²) in [5.74, 6) is 3.25. The first kappa shape index (κ1) is 24.9.